The van der Waals surface area contributed by atoms with Crippen molar-refractivity contribution in [2.45, 2.75) is 26.3 Å². The zero-order chi connectivity index (χ0) is 14.8. The Kier molecular flexibility index (Phi) is 3.60. The first-order valence-electron chi connectivity index (χ1n) is 7.04. The molecule has 1 heterocycles. The van der Waals surface area contributed by atoms with E-state index in [0.717, 1.165) is 16.7 Å². The van der Waals surface area contributed by atoms with E-state index in [-0.39, 0.29) is 11.7 Å². The Morgan fingerprint density at radius 3 is 2.86 bits per heavy atom. The molecule has 0 bridgehead atoms. The van der Waals surface area contributed by atoms with Gasteiger partial charge in [0, 0.05) is 18.7 Å². The Hall–Kier alpha value is -2.36. The van der Waals surface area contributed by atoms with Crippen LogP contribution in [0.1, 0.15) is 23.1 Å². The summed E-state index contributed by atoms with van der Waals surface area (Å²) in [6.07, 6.45) is 1.01. The van der Waals surface area contributed by atoms with Gasteiger partial charge in [0.25, 0.3) is 0 Å². The fourth-order valence-electron chi connectivity index (χ4n) is 2.53. The molecule has 2 N–H and O–H groups in total. The molecule has 0 saturated carbocycles. The van der Waals surface area contributed by atoms with Crippen LogP contribution < -0.4 is 10.6 Å². The maximum atomic E-state index is 14.1. The van der Waals surface area contributed by atoms with E-state index in [9.17, 15) is 9.18 Å². The number of hydrogen-bond acceptors (Lipinski definition) is 2. The van der Waals surface area contributed by atoms with Gasteiger partial charge in [-0.2, -0.15) is 0 Å². The molecule has 1 amide bonds. The van der Waals surface area contributed by atoms with Crippen LogP contribution in [0.15, 0.2) is 36.4 Å². The number of rotatable bonds is 3. The fourth-order valence-corrected chi connectivity index (χ4v) is 2.53. The zero-order valence-electron chi connectivity index (χ0n) is 11.9. The van der Waals surface area contributed by atoms with Gasteiger partial charge in [-0.05, 0) is 42.2 Å². The zero-order valence-corrected chi connectivity index (χ0v) is 11.9. The summed E-state index contributed by atoms with van der Waals surface area (Å²) in [4.78, 5) is 11.4. The quantitative estimate of drug-likeness (QED) is 0.903. The van der Waals surface area contributed by atoms with Crippen molar-refractivity contribution in [2.24, 2.45) is 0 Å². The minimum atomic E-state index is -0.279. The van der Waals surface area contributed by atoms with Gasteiger partial charge in [0.1, 0.15) is 5.82 Å². The van der Waals surface area contributed by atoms with Gasteiger partial charge in [-0.25, -0.2) is 4.39 Å². The molecule has 3 rings (SSSR count). The van der Waals surface area contributed by atoms with E-state index >= 15 is 0 Å². The van der Waals surface area contributed by atoms with Crippen LogP contribution in [0.3, 0.4) is 0 Å². The number of anilines is 2. The van der Waals surface area contributed by atoms with Crippen molar-refractivity contribution < 1.29 is 9.18 Å². The third-order valence-corrected chi connectivity index (χ3v) is 3.82. The van der Waals surface area contributed by atoms with Gasteiger partial charge in [-0.1, -0.05) is 24.3 Å². The third-order valence-electron chi connectivity index (χ3n) is 3.82. The van der Waals surface area contributed by atoms with Gasteiger partial charge in [0.15, 0.2) is 0 Å². The van der Waals surface area contributed by atoms with E-state index in [1.807, 2.05) is 31.2 Å². The maximum Gasteiger partial charge on any atom is 0.224 e. The summed E-state index contributed by atoms with van der Waals surface area (Å²) in [5.74, 6) is -0.294. The predicted octanol–water partition coefficient (Wildman–Crippen LogP) is 3.63. The molecule has 1 aliphatic rings. The van der Waals surface area contributed by atoms with Crippen LogP contribution in [0.5, 0.6) is 0 Å². The topological polar surface area (TPSA) is 41.1 Å². The molecule has 21 heavy (non-hydrogen) atoms. The summed E-state index contributed by atoms with van der Waals surface area (Å²) in [5.41, 5.74) is 4.27. The fraction of sp³-hybridized carbons (Fsp3) is 0.235. The number of benzene rings is 2. The van der Waals surface area contributed by atoms with Gasteiger partial charge < -0.3 is 10.6 Å². The van der Waals surface area contributed by atoms with Crippen molar-refractivity contribution in [3.8, 4) is 0 Å². The second-order valence-corrected chi connectivity index (χ2v) is 5.32. The van der Waals surface area contributed by atoms with Crippen LogP contribution in [0.25, 0.3) is 0 Å². The lowest BCUT2D eigenvalue weighted by atomic mass is 10.0. The molecule has 108 valence electrons. The molecule has 0 spiro atoms. The Bertz CT molecular complexity index is 697. The minimum Gasteiger partial charge on any atom is -0.379 e. The van der Waals surface area contributed by atoms with Crippen molar-refractivity contribution in [2.75, 3.05) is 10.6 Å². The summed E-state index contributed by atoms with van der Waals surface area (Å²) in [5, 5.41) is 5.90. The Balaban J connectivity index is 1.81. The van der Waals surface area contributed by atoms with Crippen LogP contribution in [-0.4, -0.2) is 5.91 Å². The largest absolute Gasteiger partial charge is 0.379 e. The molecule has 1 aliphatic heterocycles. The molecule has 0 atom stereocenters. The van der Waals surface area contributed by atoms with Gasteiger partial charge >= 0.3 is 0 Å². The van der Waals surface area contributed by atoms with Crippen molar-refractivity contribution in [3.05, 3.63) is 58.9 Å². The Labute approximate surface area is 123 Å². The highest BCUT2D eigenvalue weighted by Crippen LogP contribution is 2.29. The molecule has 2 aromatic carbocycles. The van der Waals surface area contributed by atoms with E-state index in [1.54, 1.807) is 6.07 Å². The number of aryl methyl sites for hydroxylation is 2. The average Bonchev–Trinajstić information content (AvgIpc) is 2.47. The second-order valence-electron chi connectivity index (χ2n) is 5.32. The molecule has 2 aromatic rings. The number of amides is 1. The monoisotopic (exact) mass is 284 g/mol. The van der Waals surface area contributed by atoms with Crippen molar-refractivity contribution in [1.29, 1.82) is 0 Å². The highest BCUT2D eigenvalue weighted by atomic mass is 19.1. The van der Waals surface area contributed by atoms with Gasteiger partial charge in [0.05, 0.1) is 5.69 Å². The Morgan fingerprint density at radius 1 is 1.24 bits per heavy atom. The van der Waals surface area contributed by atoms with E-state index in [1.165, 1.54) is 6.07 Å². The van der Waals surface area contributed by atoms with Crippen molar-refractivity contribution in [3.63, 3.8) is 0 Å². The number of carbonyl (C=O) groups is 1. The van der Waals surface area contributed by atoms with Crippen LogP contribution >= 0.6 is 0 Å². The summed E-state index contributed by atoms with van der Waals surface area (Å²) >= 11 is 0. The molecule has 3 nitrogen and oxygen atoms in total. The first kappa shape index (κ1) is 13.6. The average molecular weight is 284 g/mol. The normalized spacial score (nSPS) is 13.5. The summed E-state index contributed by atoms with van der Waals surface area (Å²) in [7, 11) is 0. The van der Waals surface area contributed by atoms with E-state index in [2.05, 4.69) is 10.6 Å². The van der Waals surface area contributed by atoms with Crippen LogP contribution in [-0.2, 0) is 17.8 Å². The van der Waals surface area contributed by atoms with E-state index < -0.39 is 0 Å². The van der Waals surface area contributed by atoms with Crippen LogP contribution in [0, 0.1) is 12.7 Å². The maximum absolute atomic E-state index is 14.1. The summed E-state index contributed by atoms with van der Waals surface area (Å²) in [6.45, 7) is 2.58. The third kappa shape index (κ3) is 2.89. The first-order chi connectivity index (χ1) is 10.1. The lowest BCUT2D eigenvalue weighted by molar-refractivity contribution is -0.116. The molecule has 0 unspecified atom stereocenters. The smallest absolute Gasteiger partial charge is 0.224 e. The van der Waals surface area contributed by atoms with Gasteiger partial charge in [0.2, 0.25) is 5.91 Å². The predicted molar refractivity (Wildman–Crippen MR) is 81.9 cm³/mol. The first-order valence-corrected chi connectivity index (χ1v) is 7.04. The van der Waals surface area contributed by atoms with Crippen LogP contribution in [0.4, 0.5) is 15.8 Å². The number of hydrogen-bond donors (Lipinski definition) is 2. The van der Waals surface area contributed by atoms with Crippen LogP contribution in [0.2, 0.25) is 0 Å². The van der Waals surface area contributed by atoms with Gasteiger partial charge in [-0.3, -0.25) is 4.79 Å². The molecule has 0 aliphatic carbocycles. The van der Waals surface area contributed by atoms with E-state index in [0.29, 0.717) is 30.8 Å². The molecule has 0 fully saturated rings. The SMILES string of the molecule is Cc1ccccc1CNc1cc2c(cc1F)CCC(=O)N2. The number of fused-ring (bicyclic) bond motifs is 1. The highest BCUT2D eigenvalue weighted by molar-refractivity contribution is 5.94. The minimum absolute atomic E-state index is 0.0149. The van der Waals surface area contributed by atoms with Crippen molar-refractivity contribution >= 4 is 17.3 Å². The molecular formula is C17H17FN2O. The molecule has 0 aromatic heterocycles. The van der Waals surface area contributed by atoms with E-state index in [4.69, 9.17) is 0 Å². The lowest BCUT2D eigenvalue weighted by Crippen LogP contribution is -2.19. The van der Waals surface area contributed by atoms with Gasteiger partial charge in [-0.15, -0.1) is 0 Å². The Morgan fingerprint density at radius 2 is 2.05 bits per heavy atom. The number of carbonyl (C=O) groups excluding carboxylic acids is 1. The highest BCUT2D eigenvalue weighted by Gasteiger charge is 2.17. The summed E-state index contributed by atoms with van der Waals surface area (Å²) < 4.78 is 14.1. The van der Waals surface area contributed by atoms with Crippen molar-refractivity contribution in [1.82, 2.24) is 0 Å². The molecule has 4 heteroatoms. The standard InChI is InChI=1S/C17H17FN2O/c1-11-4-2-3-5-13(11)10-19-16-9-15-12(8-14(16)18)6-7-17(21)20-15/h2-5,8-9,19H,6-7,10H2,1H3,(H,20,21). The second kappa shape index (κ2) is 5.56. The lowest BCUT2D eigenvalue weighted by Gasteiger charge is -2.19. The number of nitrogens with one attached hydrogen (secondary N) is 2. The summed E-state index contributed by atoms with van der Waals surface area (Å²) in [6, 6.07) is 11.2. The molecule has 0 saturated heterocycles. The number of halogens is 1. The molecule has 0 radical (unpaired) electrons. The molecular weight excluding hydrogens is 267 g/mol.